The zero-order chi connectivity index (χ0) is 24.2. The third-order valence-corrected chi connectivity index (χ3v) is 5.53. The lowest BCUT2D eigenvalue weighted by molar-refractivity contribution is -0.139. The van der Waals surface area contributed by atoms with Crippen LogP contribution in [0.3, 0.4) is 0 Å². The number of amides is 2. The van der Waals surface area contributed by atoms with Crippen LogP contribution in [0.25, 0.3) is 11.1 Å². The number of fused-ring (bicyclic) bond motifs is 3. The molecule has 2 aromatic carbocycles. The summed E-state index contributed by atoms with van der Waals surface area (Å²) in [4.78, 5) is 35.7. The molecule has 3 aromatic rings. The average molecular weight is 464 g/mol. The number of hydrogen-bond donors (Lipinski definition) is 4. The van der Waals surface area contributed by atoms with Crippen molar-refractivity contribution >= 4 is 23.7 Å². The number of carboxylic acid groups (broad SMARTS) is 1. The first-order valence-electron chi connectivity index (χ1n) is 10.7. The van der Waals surface area contributed by atoms with Crippen molar-refractivity contribution < 1.29 is 29.3 Å². The van der Waals surface area contributed by atoms with Gasteiger partial charge in [0.15, 0.2) is 5.69 Å². The van der Waals surface area contributed by atoms with Crippen molar-refractivity contribution in [2.45, 2.75) is 18.4 Å². The number of carboxylic acids is 1. The van der Waals surface area contributed by atoms with Crippen molar-refractivity contribution in [3.05, 3.63) is 71.5 Å². The number of benzene rings is 2. The Morgan fingerprint density at radius 2 is 1.71 bits per heavy atom. The van der Waals surface area contributed by atoms with E-state index in [1.54, 1.807) is 7.05 Å². The normalized spacial score (nSPS) is 13.0. The number of aryl methyl sites for hydroxylation is 1. The van der Waals surface area contributed by atoms with Gasteiger partial charge in [-0.15, -0.1) is 0 Å². The Kier molecular flexibility index (Phi) is 6.60. The molecule has 1 aromatic heterocycles. The van der Waals surface area contributed by atoms with Gasteiger partial charge in [0, 0.05) is 25.7 Å². The van der Waals surface area contributed by atoms with Crippen molar-refractivity contribution in [3.8, 4) is 11.1 Å². The SMILES string of the molecule is Cn1cc(NC(=O)OCC2c3ccccc3-c3ccccc32)c(C(=O)NCC(O)CC(=O)O)n1. The topological polar surface area (TPSA) is 143 Å². The second kappa shape index (κ2) is 9.75. The highest BCUT2D eigenvalue weighted by atomic mass is 16.5. The zero-order valence-corrected chi connectivity index (χ0v) is 18.4. The number of carbonyl (C=O) groups excluding carboxylic acids is 2. The summed E-state index contributed by atoms with van der Waals surface area (Å²) in [6.45, 7) is -0.158. The average Bonchev–Trinajstić information content (AvgIpc) is 3.33. The number of aliphatic hydroxyl groups excluding tert-OH is 1. The van der Waals surface area contributed by atoms with Gasteiger partial charge in [-0.25, -0.2) is 4.79 Å². The van der Waals surface area contributed by atoms with E-state index in [4.69, 9.17) is 9.84 Å². The second-order valence-corrected chi connectivity index (χ2v) is 7.98. The number of anilines is 1. The van der Waals surface area contributed by atoms with Crippen LogP contribution in [0.1, 0.15) is 34.0 Å². The number of aromatic nitrogens is 2. The Bertz CT molecular complexity index is 1190. The van der Waals surface area contributed by atoms with Crippen molar-refractivity contribution in [2.24, 2.45) is 7.05 Å². The molecule has 0 aliphatic heterocycles. The lowest BCUT2D eigenvalue weighted by atomic mass is 9.98. The lowest BCUT2D eigenvalue weighted by Gasteiger charge is -2.14. The molecule has 1 aliphatic rings. The number of nitrogens with one attached hydrogen (secondary N) is 2. The van der Waals surface area contributed by atoms with Crippen LogP contribution < -0.4 is 10.6 Å². The Balaban J connectivity index is 1.40. The minimum atomic E-state index is -1.25. The van der Waals surface area contributed by atoms with E-state index in [1.165, 1.54) is 10.9 Å². The summed E-state index contributed by atoms with van der Waals surface area (Å²) in [5.74, 6) is -1.96. The number of aliphatic hydroxyl groups is 1. The van der Waals surface area contributed by atoms with Crippen LogP contribution in [0.5, 0.6) is 0 Å². The first kappa shape index (κ1) is 23.0. The predicted octanol–water partition coefficient (Wildman–Crippen LogP) is 2.35. The van der Waals surface area contributed by atoms with E-state index < -0.39 is 30.5 Å². The number of carbonyl (C=O) groups is 3. The lowest BCUT2D eigenvalue weighted by Crippen LogP contribution is -2.34. The first-order valence-corrected chi connectivity index (χ1v) is 10.7. The van der Waals surface area contributed by atoms with E-state index in [-0.39, 0.29) is 30.5 Å². The first-order chi connectivity index (χ1) is 16.3. The number of aliphatic carboxylic acids is 1. The van der Waals surface area contributed by atoms with Crippen LogP contribution in [0.4, 0.5) is 10.5 Å². The maximum Gasteiger partial charge on any atom is 0.411 e. The van der Waals surface area contributed by atoms with E-state index in [9.17, 15) is 19.5 Å². The van der Waals surface area contributed by atoms with Gasteiger partial charge < -0.3 is 20.3 Å². The maximum atomic E-state index is 12.6. The van der Waals surface area contributed by atoms with Crippen molar-refractivity contribution in [1.82, 2.24) is 15.1 Å². The molecule has 4 N–H and O–H groups in total. The second-order valence-electron chi connectivity index (χ2n) is 7.98. The van der Waals surface area contributed by atoms with Crippen LogP contribution in [0.15, 0.2) is 54.7 Å². The summed E-state index contributed by atoms with van der Waals surface area (Å²) in [5, 5.41) is 27.3. The molecule has 1 atom stereocenters. The maximum absolute atomic E-state index is 12.6. The van der Waals surface area contributed by atoms with Crippen molar-refractivity contribution in [3.63, 3.8) is 0 Å². The molecule has 2 amide bonds. The largest absolute Gasteiger partial charge is 0.481 e. The highest BCUT2D eigenvalue weighted by molar-refractivity contribution is 6.00. The van der Waals surface area contributed by atoms with Crippen LogP contribution in [-0.2, 0) is 16.6 Å². The molecule has 0 spiro atoms. The number of ether oxygens (including phenoxy) is 1. The Hall–Kier alpha value is -4.18. The summed E-state index contributed by atoms with van der Waals surface area (Å²) in [6.07, 6.45) is -1.05. The molecule has 10 heteroatoms. The highest BCUT2D eigenvalue weighted by Crippen LogP contribution is 2.44. The van der Waals surface area contributed by atoms with E-state index >= 15 is 0 Å². The van der Waals surface area contributed by atoms with Gasteiger partial charge in [0.25, 0.3) is 5.91 Å². The quantitative estimate of drug-likeness (QED) is 0.401. The predicted molar refractivity (Wildman–Crippen MR) is 122 cm³/mol. The van der Waals surface area contributed by atoms with Gasteiger partial charge in [0.2, 0.25) is 0 Å². The molecule has 176 valence electrons. The van der Waals surface area contributed by atoms with Crippen molar-refractivity contribution in [2.75, 3.05) is 18.5 Å². The van der Waals surface area contributed by atoms with E-state index in [0.717, 1.165) is 22.3 Å². The van der Waals surface area contributed by atoms with Gasteiger partial charge in [-0.3, -0.25) is 19.6 Å². The molecule has 34 heavy (non-hydrogen) atoms. The van der Waals surface area contributed by atoms with Gasteiger partial charge in [-0.05, 0) is 22.3 Å². The van der Waals surface area contributed by atoms with E-state index in [0.29, 0.717) is 0 Å². The fourth-order valence-corrected chi connectivity index (χ4v) is 4.06. The molecule has 0 saturated carbocycles. The van der Waals surface area contributed by atoms with E-state index in [1.807, 2.05) is 48.5 Å². The Morgan fingerprint density at radius 1 is 1.09 bits per heavy atom. The summed E-state index contributed by atoms with van der Waals surface area (Å²) >= 11 is 0. The molecule has 0 radical (unpaired) electrons. The molecular weight excluding hydrogens is 440 g/mol. The Morgan fingerprint density at radius 3 is 2.32 bits per heavy atom. The number of nitrogens with zero attached hydrogens (tertiary/aromatic N) is 2. The summed E-state index contributed by atoms with van der Waals surface area (Å²) in [6, 6.07) is 16.0. The minimum absolute atomic E-state index is 0.0847. The van der Waals surface area contributed by atoms with Gasteiger partial charge in [-0.1, -0.05) is 48.5 Å². The molecule has 0 fully saturated rings. The molecule has 0 bridgehead atoms. The minimum Gasteiger partial charge on any atom is -0.481 e. The molecule has 10 nitrogen and oxygen atoms in total. The van der Waals surface area contributed by atoms with E-state index in [2.05, 4.69) is 15.7 Å². The molecule has 0 saturated heterocycles. The van der Waals surface area contributed by atoms with Crippen LogP contribution in [0, 0.1) is 0 Å². The smallest absolute Gasteiger partial charge is 0.411 e. The van der Waals surface area contributed by atoms with Crippen molar-refractivity contribution in [1.29, 1.82) is 0 Å². The van der Waals surface area contributed by atoms with Crippen LogP contribution >= 0.6 is 0 Å². The molecule has 1 heterocycles. The van der Waals surface area contributed by atoms with Gasteiger partial charge in [0.05, 0.1) is 18.2 Å². The third kappa shape index (κ3) is 4.91. The summed E-state index contributed by atoms with van der Waals surface area (Å²) in [7, 11) is 1.58. The Labute approximate surface area is 195 Å². The van der Waals surface area contributed by atoms with Gasteiger partial charge >= 0.3 is 12.1 Å². The highest BCUT2D eigenvalue weighted by Gasteiger charge is 2.29. The third-order valence-electron chi connectivity index (χ3n) is 5.53. The summed E-state index contributed by atoms with van der Waals surface area (Å²) in [5.41, 5.74) is 4.44. The van der Waals surface area contributed by atoms with Crippen LogP contribution in [0.2, 0.25) is 0 Å². The standard InChI is InChI=1S/C24H24N4O6/c1-28-12-20(22(27-28)23(32)25-11-14(29)10-21(30)31)26-24(33)34-13-19-17-8-4-2-6-15(17)16-7-3-5-9-18(16)19/h2-9,12,14,19,29H,10-11,13H2,1H3,(H,25,32)(H,26,33)(H,30,31). The fraction of sp³-hybridized carbons (Fsp3) is 0.250. The van der Waals surface area contributed by atoms with Crippen LogP contribution in [-0.4, -0.2) is 57.2 Å². The molecular formula is C24H24N4O6. The molecule has 1 aliphatic carbocycles. The fourth-order valence-electron chi connectivity index (χ4n) is 4.06. The molecule has 1 unspecified atom stereocenters. The zero-order valence-electron chi connectivity index (χ0n) is 18.4. The van der Waals surface area contributed by atoms with Gasteiger partial charge in [-0.2, -0.15) is 5.10 Å². The number of hydrogen-bond acceptors (Lipinski definition) is 6. The molecule has 4 rings (SSSR count). The number of rotatable bonds is 8. The summed E-state index contributed by atoms with van der Waals surface area (Å²) < 4.78 is 6.85. The monoisotopic (exact) mass is 464 g/mol. The van der Waals surface area contributed by atoms with Gasteiger partial charge in [0.1, 0.15) is 6.61 Å².